The molecule has 1 aliphatic heterocycles. The summed E-state index contributed by atoms with van der Waals surface area (Å²) in [6.45, 7) is 2.08. The highest BCUT2D eigenvalue weighted by atomic mass is 16.5. The molecule has 18 heavy (non-hydrogen) atoms. The van der Waals surface area contributed by atoms with Crippen LogP contribution in [0.2, 0.25) is 0 Å². The van der Waals surface area contributed by atoms with E-state index in [1.54, 1.807) is 4.52 Å². The molecule has 0 aliphatic carbocycles. The number of fused-ring (bicyclic) bond motifs is 1. The summed E-state index contributed by atoms with van der Waals surface area (Å²) in [5, 5.41) is 7.91. The molecule has 0 radical (unpaired) electrons. The first kappa shape index (κ1) is 11.4. The van der Waals surface area contributed by atoms with Gasteiger partial charge in [0, 0.05) is 25.8 Å². The summed E-state index contributed by atoms with van der Waals surface area (Å²) in [4.78, 5) is 4.35. The first-order valence-corrected chi connectivity index (χ1v) is 6.25. The predicted molar refractivity (Wildman–Crippen MR) is 68.3 cm³/mol. The molecule has 6 heteroatoms. The molecule has 2 aromatic heterocycles. The Bertz CT molecular complexity index is 532. The van der Waals surface area contributed by atoms with E-state index in [9.17, 15) is 0 Å². The molecule has 1 aliphatic rings. The van der Waals surface area contributed by atoms with Crippen LogP contribution in [0.5, 0.6) is 0 Å². The van der Waals surface area contributed by atoms with Crippen molar-refractivity contribution in [3.63, 3.8) is 0 Å². The SMILES string of the molecule is NCc1cn2nc(NC3CCOCC3)ccc2n1. The zero-order valence-corrected chi connectivity index (χ0v) is 10.2. The van der Waals surface area contributed by atoms with Gasteiger partial charge in [0.25, 0.3) is 0 Å². The van der Waals surface area contributed by atoms with E-state index >= 15 is 0 Å². The van der Waals surface area contributed by atoms with Gasteiger partial charge in [0.05, 0.1) is 11.9 Å². The molecular formula is C12H17N5O. The first-order chi connectivity index (χ1) is 8.85. The van der Waals surface area contributed by atoms with Crippen molar-refractivity contribution >= 4 is 11.5 Å². The molecule has 0 amide bonds. The van der Waals surface area contributed by atoms with E-state index in [0.717, 1.165) is 43.2 Å². The number of nitrogens with two attached hydrogens (primary N) is 1. The summed E-state index contributed by atoms with van der Waals surface area (Å²) in [6, 6.07) is 4.35. The zero-order chi connectivity index (χ0) is 12.4. The van der Waals surface area contributed by atoms with Crippen molar-refractivity contribution in [2.75, 3.05) is 18.5 Å². The maximum Gasteiger partial charge on any atom is 0.153 e. The van der Waals surface area contributed by atoms with Gasteiger partial charge >= 0.3 is 0 Å². The lowest BCUT2D eigenvalue weighted by molar-refractivity contribution is 0.0903. The normalized spacial score (nSPS) is 17.2. The summed E-state index contributed by atoms with van der Waals surface area (Å²) in [7, 11) is 0. The van der Waals surface area contributed by atoms with E-state index in [-0.39, 0.29) is 0 Å². The summed E-state index contributed by atoms with van der Waals surface area (Å²) in [5.74, 6) is 0.871. The molecule has 6 nitrogen and oxygen atoms in total. The number of aromatic nitrogens is 3. The smallest absolute Gasteiger partial charge is 0.153 e. The number of nitrogens with zero attached hydrogens (tertiary/aromatic N) is 3. The maximum atomic E-state index is 5.57. The van der Waals surface area contributed by atoms with Crippen molar-refractivity contribution in [3.8, 4) is 0 Å². The van der Waals surface area contributed by atoms with Crippen LogP contribution in [0.3, 0.4) is 0 Å². The Morgan fingerprint density at radius 3 is 3.00 bits per heavy atom. The van der Waals surface area contributed by atoms with Gasteiger partial charge in [0.15, 0.2) is 5.65 Å². The molecule has 0 aromatic carbocycles. The highest BCUT2D eigenvalue weighted by molar-refractivity contribution is 5.45. The summed E-state index contributed by atoms with van der Waals surface area (Å²) < 4.78 is 7.10. The average Bonchev–Trinajstić information content (AvgIpc) is 2.82. The van der Waals surface area contributed by atoms with E-state index in [1.807, 2.05) is 18.3 Å². The molecule has 0 atom stereocenters. The number of ether oxygens (including phenoxy) is 1. The second-order valence-electron chi connectivity index (χ2n) is 4.49. The van der Waals surface area contributed by atoms with E-state index in [4.69, 9.17) is 10.5 Å². The van der Waals surface area contributed by atoms with Gasteiger partial charge in [-0.15, -0.1) is 5.10 Å². The quantitative estimate of drug-likeness (QED) is 0.838. The van der Waals surface area contributed by atoms with Gasteiger partial charge in [0.2, 0.25) is 0 Å². The van der Waals surface area contributed by atoms with Crippen LogP contribution < -0.4 is 11.1 Å². The van der Waals surface area contributed by atoms with Crippen LogP contribution in [0.4, 0.5) is 5.82 Å². The summed E-state index contributed by atoms with van der Waals surface area (Å²) in [6.07, 6.45) is 3.92. The van der Waals surface area contributed by atoms with E-state index in [2.05, 4.69) is 15.4 Å². The minimum absolute atomic E-state index is 0.437. The van der Waals surface area contributed by atoms with Gasteiger partial charge in [-0.1, -0.05) is 0 Å². The zero-order valence-electron chi connectivity index (χ0n) is 10.2. The van der Waals surface area contributed by atoms with E-state index in [0.29, 0.717) is 12.6 Å². The first-order valence-electron chi connectivity index (χ1n) is 6.25. The fraction of sp³-hybridized carbons (Fsp3) is 0.500. The largest absolute Gasteiger partial charge is 0.381 e. The highest BCUT2D eigenvalue weighted by Gasteiger charge is 2.14. The molecule has 2 aromatic rings. The second kappa shape index (κ2) is 4.91. The molecule has 3 rings (SSSR count). The van der Waals surface area contributed by atoms with Crippen molar-refractivity contribution in [2.24, 2.45) is 5.73 Å². The van der Waals surface area contributed by atoms with Gasteiger partial charge in [-0.05, 0) is 25.0 Å². The van der Waals surface area contributed by atoms with Crippen LogP contribution in [0, 0.1) is 0 Å². The predicted octanol–water partition coefficient (Wildman–Crippen LogP) is 0.779. The van der Waals surface area contributed by atoms with Crippen LogP contribution in [-0.2, 0) is 11.3 Å². The molecule has 0 spiro atoms. The maximum absolute atomic E-state index is 5.57. The van der Waals surface area contributed by atoms with Crippen molar-refractivity contribution in [1.29, 1.82) is 0 Å². The Morgan fingerprint density at radius 2 is 2.22 bits per heavy atom. The average molecular weight is 247 g/mol. The number of nitrogens with one attached hydrogen (secondary N) is 1. The summed E-state index contributed by atoms with van der Waals surface area (Å²) >= 11 is 0. The Morgan fingerprint density at radius 1 is 1.39 bits per heavy atom. The van der Waals surface area contributed by atoms with Crippen LogP contribution in [0.1, 0.15) is 18.5 Å². The van der Waals surface area contributed by atoms with Crippen LogP contribution in [0.15, 0.2) is 18.3 Å². The minimum atomic E-state index is 0.437. The summed E-state index contributed by atoms with van der Waals surface area (Å²) in [5.41, 5.74) is 7.25. The third-order valence-electron chi connectivity index (χ3n) is 3.15. The fourth-order valence-corrected chi connectivity index (χ4v) is 2.16. The molecule has 0 unspecified atom stereocenters. The number of hydrogen-bond donors (Lipinski definition) is 2. The number of anilines is 1. The Balaban J connectivity index is 1.79. The van der Waals surface area contributed by atoms with Crippen LogP contribution in [-0.4, -0.2) is 33.9 Å². The minimum Gasteiger partial charge on any atom is -0.381 e. The van der Waals surface area contributed by atoms with Crippen molar-refractivity contribution in [1.82, 2.24) is 14.6 Å². The highest BCUT2D eigenvalue weighted by Crippen LogP contribution is 2.14. The lowest BCUT2D eigenvalue weighted by Gasteiger charge is -2.23. The van der Waals surface area contributed by atoms with Crippen molar-refractivity contribution in [2.45, 2.75) is 25.4 Å². The van der Waals surface area contributed by atoms with Crippen molar-refractivity contribution < 1.29 is 4.74 Å². The second-order valence-corrected chi connectivity index (χ2v) is 4.49. The van der Waals surface area contributed by atoms with Gasteiger partial charge < -0.3 is 15.8 Å². The van der Waals surface area contributed by atoms with Crippen LogP contribution in [0.25, 0.3) is 5.65 Å². The molecular weight excluding hydrogens is 230 g/mol. The van der Waals surface area contributed by atoms with Crippen molar-refractivity contribution in [3.05, 3.63) is 24.0 Å². The van der Waals surface area contributed by atoms with Gasteiger partial charge in [-0.3, -0.25) is 0 Å². The molecule has 3 N–H and O–H groups in total. The molecule has 3 heterocycles. The monoisotopic (exact) mass is 247 g/mol. The lowest BCUT2D eigenvalue weighted by Crippen LogP contribution is -2.28. The molecule has 0 bridgehead atoms. The standard InChI is InChI=1S/C12H17N5O/c13-7-10-8-17-12(15-10)2-1-11(16-17)14-9-3-5-18-6-4-9/h1-2,8-9H,3-7,13H2,(H,14,16). The Kier molecular flexibility index (Phi) is 3.12. The molecule has 1 fully saturated rings. The fourth-order valence-electron chi connectivity index (χ4n) is 2.16. The lowest BCUT2D eigenvalue weighted by atomic mass is 10.1. The van der Waals surface area contributed by atoms with Gasteiger partial charge in [-0.2, -0.15) is 0 Å². The molecule has 0 saturated carbocycles. The third-order valence-corrected chi connectivity index (χ3v) is 3.15. The molecule has 1 saturated heterocycles. The van der Waals surface area contributed by atoms with Gasteiger partial charge in [0.1, 0.15) is 5.82 Å². The third kappa shape index (κ3) is 2.30. The number of imidazole rings is 1. The topological polar surface area (TPSA) is 77.5 Å². The van der Waals surface area contributed by atoms with E-state index in [1.165, 1.54) is 0 Å². The van der Waals surface area contributed by atoms with Crippen LogP contribution >= 0.6 is 0 Å². The van der Waals surface area contributed by atoms with E-state index < -0.39 is 0 Å². The number of hydrogen-bond acceptors (Lipinski definition) is 5. The number of rotatable bonds is 3. The van der Waals surface area contributed by atoms with Gasteiger partial charge in [-0.25, -0.2) is 9.50 Å². The Labute approximate surface area is 105 Å². The molecule has 96 valence electrons. The Hall–Kier alpha value is -1.66.